The van der Waals surface area contributed by atoms with E-state index < -0.39 is 6.10 Å². The maximum atomic E-state index is 11.9. The van der Waals surface area contributed by atoms with Crippen molar-refractivity contribution in [3.8, 4) is 0 Å². The van der Waals surface area contributed by atoms with Crippen LogP contribution in [-0.2, 0) is 9.53 Å². The lowest BCUT2D eigenvalue weighted by molar-refractivity contribution is -0.124. The van der Waals surface area contributed by atoms with Gasteiger partial charge < -0.3 is 15.4 Å². The maximum Gasteiger partial charge on any atom is 0.253 e. The third-order valence-corrected chi connectivity index (χ3v) is 3.86. The van der Waals surface area contributed by atoms with E-state index in [-0.39, 0.29) is 11.9 Å². The first-order valence-corrected chi connectivity index (χ1v) is 7.83. The van der Waals surface area contributed by atoms with Crippen molar-refractivity contribution in [1.82, 2.24) is 0 Å². The highest BCUT2D eigenvalue weighted by Crippen LogP contribution is 2.23. The van der Waals surface area contributed by atoms with Gasteiger partial charge in [0.05, 0.1) is 0 Å². The highest BCUT2D eigenvalue weighted by Gasteiger charge is 2.12. The molecule has 23 heavy (non-hydrogen) atoms. The third kappa shape index (κ3) is 4.98. The molecule has 4 nitrogen and oxygen atoms in total. The normalized spacial score (nSPS) is 13.2. The van der Waals surface area contributed by atoms with E-state index in [0.717, 1.165) is 22.0 Å². The van der Waals surface area contributed by atoms with Gasteiger partial charge in [0.1, 0.15) is 6.10 Å². The van der Waals surface area contributed by atoms with E-state index in [1.807, 2.05) is 48.5 Å². The molecule has 2 rings (SSSR count). The van der Waals surface area contributed by atoms with Gasteiger partial charge in [0.25, 0.3) is 5.91 Å². The van der Waals surface area contributed by atoms with Gasteiger partial charge in [0, 0.05) is 29.5 Å². The van der Waals surface area contributed by atoms with Gasteiger partial charge in [0.2, 0.25) is 0 Å². The maximum absolute atomic E-state index is 11.9. The van der Waals surface area contributed by atoms with E-state index in [2.05, 4.69) is 17.6 Å². The van der Waals surface area contributed by atoms with E-state index in [0.29, 0.717) is 0 Å². The summed E-state index contributed by atoms with van der Waals surface area (Å²) < 4.78 is 5.01. The average Bonchev–Trinajstić information content (AvgIpc) is 2.54. The number of methoxy groups -OCH3 is 1. The molecule has 2 aromatic carbocycles. The summed E-state index contributed by atoms with van der Waals surface area (Å²) in [6.45, 7) is 3.78. The zero-order valence-corrected chi connectivity index (χ0v) is 14.2. The predicted molar refractivity (Wildman–Crippen MR) is 95.0 cm³/mol. The van der Waals surface area contributed by atoms with Crippen LogP contribution in [0.25, 0.3) is 0 Å². The Morgan fingerprint density at radius 1 is 1.09 bits per heavy atom. The van der Waals surface area contributed by atoms with Crippen LogP contribution < -0.4 is 10.6 Å². The number of rotatable bonds is 6. The first-order chi connectivity index (χ1) is 11.0. The SMILES string of the molecule is COC(C)C(=O)Nc1cccc(NC(C)c2ccc(Cl)cc2)c1. The van der Waals surface area contributed by atoms with E-state index in [1.165, 1.54) is 7.11 Å². The molecule has 0 saturated carbocycles. The minimum absolute atomic E-state index is 0.121. The monoisotopic (exact) mass is 332 g/mol. The second kappa shape index (κ2) is 7.99. The summed E-state index contributed by atoms with van der Waals surface area (Å²) in [5, 5.41) is 6.96. The van der Waals surface area contributed by atoms with Crippen molar-refractivity contribution in [3.63, 3.8) is 0 Å². The Morgan fingerprint density at radius 3 is 2.39 bits per heavy atom. The fraction of sp³-hybridized carbons (Fsp3) is 0.278. The summed E-state index contributed by atoms with van der Waals surface area (Å²) in [6.07, 6.45) is -0.486. The van der Waals surface area contributed by atoms with E-state index in [4.69, 9.17) is 16.3 Å². The van der Waals surface area contributed by atoms with Crippen molar-refractivity contribution >= 4 is 28.9 Å². The van der Waals surface area contributed by atoms with Gasteiger partial charge >= 0.3 is 0 Å². The average molecular weight is 333 g/mol. The van der Waals surface area contributed by atoms with Gasteiger partial charge in [-0.15, -0.1) is 0 Å². The van der Waals surface area contributed by atoms with Crippen LogP contribution in [0.3, 0.4) is 0 Å². The highest BCUT2D eigenvalue weighted by molar-refractivity contribution is 6.30. The number of anilines is 2. The van der Waals surface area contributed by atoms with Crippen LogP contribution in [0.1, 0.15) is 25.5 Å². The Balaban J connectivity index is 2.04. The second-order valence-electron chi connectivity index (χ2n) is 5.37. The molecule has 0 aromatic heterocycles. The molecule has 0 radical (unpaired) electrons. The van der Waals surface area contributed by atoms with E-state index in [1.54, 1.807) is 6.92 Å². The molecular weight excluding hydrogens is 312 g/mol. The van der Waals surface area contributed by atoms with Crippen LogP contribution in [0.2, 0.25) is 5.02 Å². The lowest BCUT2D eigenvalue weighted by Crippen LogP contribution is -2.26. The quantitative estimate of drug-likeness (QED) is 0.819. The smallest absolute Gasteiger partial charge is 0.253 e. The molecule has 0 spiro atoms. The summed E-state index contributed by atoms with van der Waals surface area (Å²) in [4.78, 5) is 11.9. The summed E-state index contributed by atoms with van der Waals surface area (Å²) in [7, 11) is 1.51. The Morgan fingerprint density at radius 2 is 1.74 bits per heavy atom. The number of carbonyl (C=O) groups excluding carboxylic acids is 1. The number of carbonyl (C=O) groups is 1. The first-order valence-electron chi connectivity index (χ1n) is 7.45. The fourth-order valence-electron chi connectivity index (χ4n) is 2.12. The van der Waals surface area contributed by atoms with Crippen LogP contribution in [-0.4, -0.2) is 19.1 Å². The van der Waals surface area contributed by atoms with Crippen molar-refractivity contribution in [1.29, 1.82) is 0 Å². The van der Waals surface area contributed by atoms with E-state index in [9.17, 15) is 4.79 Å². The van der Waals surface area contributed by atoms with Gasteiger partial charge in [-0.05, 0) is 49.7 Å². The summed E-state index contributed by atoms with van der Waals surface area (Å²) >= 11 is 5.91. The van der Waals surface area contributed by atoms with Gasteiger partial charge in [-0.3, -0.25) is 4.79 Å². The topological polar surface area (TPSA) is 50.4 Å². The zero-order valence-electron chi connectivity index (χ0n) is 13.5. The standard InChI is InChI=1S/C18H21ClN2O2/c1-12(14-7-9-15(19)10-8-14)20-16-5-4-6-17(11-16)21-18(22)13(2)23-3/h4-13,20H,1-3H3,(H,21,22). The predicted octanol–water partition coefficient (Wildman–Crippen LogP) is 4.49. The molecule has 0 fully saturated rings. The molecule has 0 bridgehead atoms. The summed E-state index contributed by atoms with van der Waals surface area (Å²) in [6, 6.07) is 15.4. The van der Waals surface area contributed by atoms with Crippen molar-refractivity contribution in [2.24, 2.45) is 0 Å². The first kappa shape index (κ1) is 17.3. The molecule has 2 aromatic rings. The Hall–Kier alpha value is -2.04. The lowest BCUT2D eigenvalue weighted by Gasteiger charge is -2.17. The third-order valence-electron chi connectivity index (χ3n) is 3.61. The number of hydrogen-bond donors (Lipinski definition) is 2. The minimum atomic E-state index is -0.486. The Bertz CT molecular complexity index is 658. The summed E-state index contributed by atoms with van der Waals surface area (Å²) in [5.74, 6) is -0.171. The van der Waals surface area contributed by atoms with Crippen LogP contribution in [0.5, 0.6) is 0 Å². The van der Waals surface area contributed by atoms with Crippen molar-refractivity contribution < 1.29 is 9.53 Å². The van der Waals surface area contributed by atoms with Crippen molar-refractivity contribution in [2.75, 3.05) is 17.7 Å². The van der Waals surface area contributed by atoms with Crippen molar-refractivity contribution in [3.05, 3.63) is 59.1 Å². The minimum Gasteiger partial charge on any atom is -0.378 e. The molecule has 0 saturated heterocycles. The van der Waals surface area contributed by atoms with Crippen LogP contribution in [0.15, 0.2) is 48.5 Å². The number of ether oxygens (including phenoxy) is 1. The lowest BCUT2D eigenvalue weighted by atomic mass is 10.1. The largest absolute Gasteiger partial charge is 0.378 e. The molecule has 1 amide bonds. The Labute approximate surface area is 141 Å². The van der Waals surface area contributed by atoms with Gasteiger partial charge in [-0.25, -0.2) is 0 Å². The Kier molecular flexibility index (Phi) is 6.02. The number of amides is 1. The van der Waals surface area contributed by atoms with Gasteiger partial charge in [-0.2, -0.15) is 0 Å². The fourth-order valence-corrected chi connectivity index (χ4v) is 2.25. The molecule has 2 N–H and O–H groups in total. The second-order valence-corrected chi connectivity index (χ2v) is 5.80. The molecule has 0 aliphatic heterocycles. The number of benzene rings is 2. The molecule has 122 valence electrons. The van der Waals surface area contributed by atoms with Crippen LogP contribution in [0.4, 0.5) is 11.4 Å². The van der Waals surface area contributed by atoms with Gasteiger partial charge in [0.15, 0.2) is 0 Å². The molecule has 0 aliphatic rings. The highest BCUT2D eigenvalue weighted by atomic mass is 35.5. The molecule has 5 heteroatoms. The number of nitrogens with one attached hydrogen (secondary N) is 2. The number of hydrogen-bond acceptors (Lipinski definition) is 3. The molecule has 2 atom stereocenters. The number of halogens is 1. The van der Waals surface area contributed by atoms with E-state index >= 15 is 0 Å². The van der Waals surface area contributed by atoms with Crippen molar-refractivity contribution in [2.45, 2.75) is 26.0 Å². The molecule has 0 aliphatic carbocycles. The van der Waals surface area contributed by atoms with Gasteiger partial charge in [-0.1, -0.05) is 29.8 Å². The summed E-state index contributed by atoms with van der Waals surface area (Å²) in [5.41, 5.74) is 2.79. The molecular formula is C18H21ClN2O2. The molecule has 2 unspecified atom stereocenters. The van der Waals surface area contributed by atoms with Crippen LogP contribution >= 0.6 is 11.6 Å². The molecule has 0 heterocycles. The zero-order chi connectivity index (χ0) is 16.8. The van der Waals surface area contributed by atoms with Crippen LogP contribution in [0, 0.1) is 0 Å².